The van der Waals surface area contributed by atoms with Crippen molar-refractivity contribution in [2.45, 2.75) is 53.6 Å². The van der Waals surface area contributed by atoms with E-state index in [0.29, 0.717) is 0 Å². The van der Waals surface area contributed by atoms with Gasteiger partial charge in [-0.15, -0.1) is 6.42 Å². The lowest BCUT2D eigenvalue weighted by Gasteiger charge is -2.23. The van der Waals surface area contributed by atoms with Crippen molar-refractivity contribution in [1.29, 1.82) is 0 Å². The standard InChI is InChI=1S/C15H22O2/c1-7-12(17-13(16)14(2,3)4)11-8-9-15(5,6)10-11/h1,8,12H,9-10H2,2-6H3/t12-/m0/s1. The van der Waals surface area contributed by atoms with Gasteiger partial charge in [0.1, 0.15) is 0 Å². The average Bonchev–Trinajstić information content (AvgIpc) is 2.53. The average molecular weight is 234 g/mol. The number of ether oxygens (including phenoxy) is 1. The van der Waals surface area contributed by atoms with Crippen LogP contribution in [0.1, 0.15) is 47.5 Å². The van der Waals surface area contributed by atoms with E-state index in [1.165, 1.54) is 0 Å². The topological polar surface area (TPSA) is 26.3 Å². The molecule has 0 aliphatic heterocycles. The van der Waals surface area contributed by atoms with E-state index in [9.17, 15) is 4.79 Å². The van der Waals surface area contributed by atoms with Crippen LogP contribution in [0.2, 0.25) is 0 Å². The Kier molecular flexibility index (Phi) is 3.71. The number of carbonyl (C=O) groups excluding carboxylic acids is 1. The van der Waals surface area contributed by atoms with Gasteiger partial charge in [0.15, 0.2) is 6.10 Å². The molecule has 0 heterocycles. The summed E-state index contributed by atoms with van der Waals surface area (Å²) in [7, 11) is 0. The van der Waals surface area contributed by atoms with E-state index in [-0.39, 0.29) is 11.4 Å². The summed E-state index contributed by atoms with van der Waals surface area (Å²) in [6, 6.07) is 0. The minimum absolute atomic E-state index is 0.235. The highest BCUT2D eigenvalue weighted by Crippen LogP contribution is 2.38. The van der Waals surface area contributed by atoms with Crippen molar-refractivity contribution < 1.29 is 9.53 Å². The lowest BCUT2D eigenvalue weighted by Crippen LogP contribution is -2.28. The van der Waals surface area contributed by atoms with Crippen LogP contribution in [0, 0.1) is 23.2 Å². The van der Waals surface area contributed by atoms with Crippen molar-refractivity contribution >= 4 is 5.97 Å². The monoisotopic (exact) mass is 234 g/mol. The van der Waals surface area contributed by atoms with Gasteiger partial charge in [-0.25, -0.2) is 0 Å². The lowest BCUT2D eigenvalue weighted by atomic mass is 9.89. The van der Waals surface area contributed by atoms with E-state index in [4.69, 9.17) is 11.2 Å². The number of hydrogen-bond acceptors (Lipinski definition) is 2. The Morgan fingerprint density at radius 2 is 2.12 bits per heavy atom. The SMILES string of the molecule is C#C[C@H](OC(=O)C(C)(C)C)C1=CCC(C)(C)C1. The first-order valence-electron chi connectivity index (χ1n) is 6.02. The van der Waals surface area contributed by atoms with Crippen molar-refractivity contribution in [3.8, 4) is 12.3 Å². The lowest BCUT2D eigenvalue weighted by molar-refractivity contribution is -0.154. The smallest absolute Gasteiger partial charge is 0.312 e. The van der Waals surface area contributed by atoms with Crippen molar-refractivity contribution in [2.24, 2.45) is 10.8 Å². The Morgan fingerprint density at radius 3 is 2.47 bits per heavy atom. The summed E-state index contributed by atoms with van der Waals surface area (Å²) in [5, 5.41) is 0. The van der Waals surface area contributed by atoms with Crippen LogP contribution in [0.15, 0.2) is 11.6 Å². The zero-order valence-corrected chi connectivity index (χ0v) is 11.5. The van der Waals surface area contributed by atoms with E-state index in [0.717, 1.165) is 18.4 Å². The number of allylic oxidation sites excluding steroid dienone is 1. The molecule has 0 N–H and O–H groups in total. The highest BCUT2D eigenvalue weighted by Gasteiger charge is 2.32. The van der Waals surface area contributed by atoms with E-state index < -0.39 is 11.5 Å². The van der Waals surface area contributed by atoms with Gasteiger partial charge in [-0.3, -0.25) is 4.79 Å². The fraction of sp³-hybridized carbons (Fsp3) is 0.667. The summed E-state index contributed by atoms with van der Waals surface area (Å²) in [6.07, 6.45) is 8.98. The molecule has 0 saturated heterocycles. The largest absolute Gasteiger partial charge is 0.444 e. The van der Waals surface area contributed by atoms with Gasteiger partial charge < -0.3 is 4.74 Å². The maximum Gasteiger partial charge on any atom is 0.312 e. The summed E-state index contributed by atoms with van der Waals surface area (Å²) < 4.78 is 5.40. The molecular formula is C15H22O2. The molecule has 0 unspecified atom stereocenters. The predicted molar refractivity (Wildman–Crippen MR) is 69.3 cm³/mol. The van der Waals surface area contributed by atoms with Crippen LogP contribution >= 0.6 is 0 Å². The van der Waals surface area contributed by atoms with Gasteiger partial charge in [-0.2, -0.15) is 0 Å². The van der Waals surface area contributed by atoms with Crippen molar-refractivity contribution in [3.05, 3.63) is 11.6 Å². The van der Waals surface area contributed by atoms with Crippen LogP contribution in [0.4, 0.5) is 0 Å². The molecule has 0 aromatic carbocycles. The molecule has 0 amide bonds. The highest BCUT2D eigenvalue weighted by molar-refractivity contribution is 5.76. The predicted octanol–water partition coefficient (Wildman–Crippen LogP) is 3.32. The molecule has 1 atom stereocenters. The number of carbonyl (C=O) groups is 1. The minimum atomic E-state index is -0.510. The Morgan fingerprint density at radius 1 is 1.53 bits per heavy atom. The summed E-state index contributed by atoms with van der Waals surface area (Å²) in [4.78, 5) is 11.8. The third kappa shape index (κ3) is 3.63. The molecule has 0 aromatic heterocycles. The summed E-state index contributed by atoms with van der Waals surface area (Å²) in [5.41, 5.74) is 0.789. The first kappa shape index (κ1) is 13.8. The number of esters is 1. The normalized spacial score (nSPS) is 20.4. The van der Waals surface area contributed by atoms with Crippen molar-refractivity contribution in [3.63, 3.8) is 0 Å². The number of rotatable bonds is 2. The van der Waals surface area contributed by atoms with Crippen molar-refractivity contribution in [1.82, 2.24) is 0 Å². The Hall–Kier alpha value is -1.23. The van der Waals surface area contributed by atoms with Gasteiger partial charge >= 0.3 is 5.97 Å². The first-order valence-corrected chi connectivity index (χ1v) is 6.02. The zero-order chi connectivity index (χ0) is 13.3. The van der Waals surface area contributed by atoms with Gasteiger partial charge in [-0.1, -0.05) is 25.8 Å². The molecule has 2 heteroatoms. The molecular weight excluding hydrogens is 212 g/mol. The van der Waals surface area contributed by atoms with Crippen LogP contribution in [-0.4, -0.2) is 12.1 Å². The molecule has 2 nitrogen and oxygen atoms in total. The minimum Gasteiger partial charge on any atom is -0.444 e. The van der Waals surface area contributed by atoms with E-state index in [1.807, 2.05) is 20.8 Å². The molecule has 1 aliphatic rings. The summed E-state index contributed by atoms with van der Waals surface area (Å²) >= 11 is 0. The second-order valence-electron chi connectivity index (χ2n) is 6.53. The maximum atomic E-state index is 11.8. The van der Waals surface area contributed by atoms with Gasteiger partial charge in [0.05, 0.1) is 5.41 Å². The number of terminal acetylenes is 1. The molecule has 94 valence electrons. The fourth-order valence-corrected chi connectivity index (χ4v) is 1.80. The molecule has 1 aliphatic carbocycles. The van der Waals surface area contributed by atoms with Gasteiger partial charge in [-0.05, 0) is 44.6 Å². The summed E-state index contributed by atoms with van der Waals surface area (Å²) in [5.74, 6) is 2.33. The van der Waals surface area contributed by atoms with Gasteiger partial charge in [0, 0.05) is 0 Å². The maximum absolute atomic E-state index is 11.8. The molecule has 17 heavy (non-hydrogen) atoms. The Balaban J connectivity index is 2.70. The van der Waals surface area contributed by atoms with Gasteiger partial charge in [0.25, 0.3) is 0 Å². The van der Waals surface area contributed by atoms with Crippen LogP contribution < -0.4 is 0 Å². The highest BCUT2D eigenvalue weighted by atomic mass is 16.5. The van der Waals surface area contributed by atoms with Crippen LogP contribution in [0.5, 0.6) is 0 Å². The summed E-state index contributed by atoms with van der Waals surface area (Å²) in [6.45, 7) is 9.87. The second kappa shape index (κ2) is 4.56. The second-order valence-corrected chi connectivity index (χ2v) is 6.53. The van der Waals surface area contributed by atoms with E-state index in [2.05, 4.69) is 25.8 Å². The quantitative estimate of drug-likeness (QED) is 0.416. The third-order valence-corrected chi connectivity index (χ3v) is 2.92. The number of hydrogen-bond donors (Lipinski definition) is 0. The fourth-order valence-electron chi connectivity index (χ4n) is 1.80. The van der Waals surface area contributed by atoms with Crippen LogP contribution in [0.3, 0.4) is 0 Å². The first-order chi connectivity index (χ1) is 7.65. The van der Waals surface area contributed by atoms with E-state index in [1.54, 1.807) is 0 Å². The third-order valence-electron chi connectivity index (χ3n) is 2.92. The molecule has 0 spiro atoms. The molecule has 1 rings (SSSR count). The molecule has 0 bridgehead atoms. The Bertz CT molecular complexity index is 375. The molecule has 0 fully saturated rings. The molecule has 0 saturated carbocycles. The van der Waals surface area contributed by atoms with E-state index >= 15 is 0 Å². The van der Waals surface area contributed by atoms with Gasteiger partial charge in [0.2, 0.25) is 0 Å². The Labute approximate surface area is 104 Å². The zero-order valence-electron chi connectivity index (χ0n) is 11.5. The van der Waals surface area contributed by atoms with Crippen LogP contribution in [0.25, 0.3) is 0 Å². The molecule has 0 radical (unpaired) electrons. The van der Waals surface area contributed by atoms with Crippen molar-refractivity contribution in [2.75, 3.05) is 0 Å². The van der Waals surface area contributed by atoms with Crippen LogP contribution in [-0.2, 0) is 9.53 Å². The molecule has 0 aromatic rings.